The predicted octanol–water partition coefficient (Wildman–Crippen LogP) is 1.20. The van der Waals surface area contributed by atoms with E-state index in [-0.39, 0.29) is 0 Å². The molecule has 0 spiro atoms. The SMILES string of the molecule is CNCC1Cc2nc(Cl)nc(N3CCOCC3)c2S1. The van der Waals surface area contributed by atoms with Crippen molar-refractivity contribution in [2.75, 3.05) is 44.8 Å². The van der Waals surface area contributed by atoms with Crippen LogP contribution in [0, 0.1) is 0 Å². The van der Waals surface area contributed by atoms with E-state index in [4.69, 9.17) is 16.3 Å². The smallest absolute Gasteiger partial charge is 0.224 e. The van der Waals surface area contributed by atoms with E-state index >= 15 is 0 Å². The summed E-state index contributed by atoms with van der Waals surface area (Å²) in [4.78, 5) is 12.3. The number of nitrogens with zero attached hydrogens (tertiary/aromatic N) is 3. The number of ether oxygens (including phenoxy) is 1. The van der Waals surface area contributed by atoms with Crippen LogP contribution in [0.4, 0.5) is 5.82 Å². The summed E-state index contributed by atoms with van der Waals surface area (Å²) in [6.45, 7) is 4.22. The van der Waals surface area contributed by atoms with Crippen molar-refractivity contribution < 1.29 is 4.74 Å². The summed E-state index contributed by atoms with van der Waals surface area (Å²) in [7, 11) is 1.98. The molecule has 104 valence electrons. The van der Waals surface area contributed by atoms with Crippen molar-refractivity contribution in [1.29, 1.82) is 0 Å². The monoisotopic (exact) mass is 300 g/mol. The Bertz CT molecular complexity index is 467. The summed E-state index contributed by atoms with van der Waals surface area (Å²) in [6.07, 6.45) is 0.959. The van der Waals surface area contributed by atoms with Gasteiger partial charge in [-0.15, -0.1) is 11.8 Å². The third-order valence-electron chi connectivity index (χ3n) is 3.34. The summed E-state index contributed by atoms with van der Waals surface area (Å²) in [5.74, 6) is 0.988. The maximum absolute atomic E-state index is 6.07. The van der Waals surface area contributed by atoms with E-state index in [1.807, 2.05) is 18.8 Å². The van der Waals surface area contributed by atoms with Crippen LogP contribution in [-0.4, -0.2) is 55.1 Å². The van der Waals surface area contributed by atoms with E-state index < -0.39 is 0 Å². The molecule has 0 radical (unpaired) electrons. The molecule has 1 aromatic rings. The molecule has 0 bridgehead atoms. The Morgan fingerprint density at radius 2 is 2.21 bits per heavy atom. The second kappa shape index (κ2) is 5.83. The van der Waals surface area contributed by atoms with Crippen LogP contribution in [0.3, 0.4) is 0 Å². The Hall–Kier alpha value is -0.560. The van der Waals surface area contributed by atoms with E-state index in [1.165, 1.54) is 4.90 Å². The van der Waals surface area contributed by atoms with Gasteiger partial charge in [0.1, 0.15) is 5.82 Å². The number of aromatic nitrogens is 2. The highest BCUT2D eigenvalue weighted by atomic mass is 35.5. The van der Waals surface area contributed by atoms with Gasteiger partial charge in [-0.1, -0.05) is 0 Å². The second-order valence-corrected chi connectivity index (χ2v) is 6.34. The lowest BCUT2D eigenvalue weighted by atomic mass is 10.2. The fourth-order valence-corrected chi connectivity index (χ4v) is 4.02. The van der Waals surface area contributed by atoms with Crippen molar-refractivity contribution in [3.8, 4) is 0 Å². The zero-order valence-corrected chi connectivity index (χ0v) is 12.4. The number of hydrogen-bond donors (Lipinski definition) is 1. The number of thioether (sulfide) groups is 1. The van der Waals surface area contributed by atoms with Crippen LogP contribution in [-0.2, 0) is 11.2 Å². The average molecular weight is 301 g/mol. The second-order valence-electron chi connectivity index (χ2n) is 4.69. The first-order valence-corrected chi connectivity index (χ1v) is 7.74. The molecular formula is C12H17ClN4OS. The van der Waals surface area contributed by atoms with Gasteiger partial charge in [-0.25, -0.2) is 4.98 Å². The van der Waals surface area contributed by atoms with Crippen LogP contribution in [0.5, 0.6) is 0 Å². The molecule has 5 nitrogen and oxygen atoms in total. The number of rotatable bonds is 3. The molecule has 0 aliphatic carbocycles. The number of nitrogens with one attached hydrogen (secondary N) is 1. The Balaban J connectivity index is 1.89. The molecule has 0 amide bonds. The fraction of sp³-hybridized carbons (Fsp3) is 0.667. The largest absolute Gasteiger partial charge is 0.378 e. The van der Waals surface area contributed by atoms with Crippen molar-refractivity contribution in [2.24, 2.45) is 0 Å². The average Bonchev–Trinajstić information content (AvgIpc) is 2.81. The van der Waals surface area contributed by atoms with Gasteiger partial charge in [0, 0.05) is 31.3 Å². The summed E-state index contributed by atoms with van der Waals surface area (Å²) in [5.41, 5.74) is 1.09. The molecule has 1 atom stereocenters. The highest BCUT2D eigenvalue weighted by molar-refractivity contribution is 8.00. The van der Waals surface area contributed by atoms with Crippen LogP contribution >= 0.6 is 23.4 Å². The molecule has 1 aromatic heterocycles. The van der Waals surface area contributed by atoms with Crippen molar-refractivity contribution in [1.82, 2.24) is 15.3 Å². The molecule has 2 aliphatic rings. The van der Waals surface area contributed by atoms with Crippen molar-refractivity contribution in [2.45, 2.75) is 16.6 Å². The molecular weight excluding hydrogens is 284 g/mol. The topological polar surface area (TPSA) is 50.3 Å². The Morgan fingerprint density at radius 3 is 2.95 bits per heavy atom. The number of halogens is 1. The number of anilines is 1. The van der Waals surface area contributed by atoms with Gasteiger partial charge >= 0.3 is 0 Å². The lowest BCUT2D eigenvalue weighted by Crippen LogP contribution is -2.37. The molecule has 0 saturated carbocycles. The zero-order chi connectivity index (χ0) is 13.2. The van der Waals surface area contributed by atoms with E-state index in [2.05, 4.69) is 20.2 Å². The van der Waals surface area contributed by atoms with Crippen molar-refractivity contribution >= 4 is 29.2 Å². The molecule has 1 saturated heterocycles. The minimum absolute atomic E-state index is 0.353. The Morgan fingerprint density at radius 1 is 1.42 bits per heavy atom. The summed E-state index contributed by atoms with van der Waals surface area (Å²) < 4.78 is 5.40. The van der Waals surface area contributed by atoms with Crippen LogP contribution in [0.15, 0.2) is 4.90 Å². The molecule has 2 aliphatic heterocycles. The van der Waals surface area contributed by atoms with E-state index in [9.17, 15) is 0 Å². The quantitative estimate of drug-likeness (QED) is 0.847. The predicted molar refractivity (Wildman–Crippen MR) is 77.3 cm³/mol. The Labute approximate surface area is 122 Å². The van der Waals surface area contributed by atoms with Gasteiger partial charge in [-0.05, 0) is 18.6 Å². The van der Waals surface area contributed by atoms with Crippen LogP contribution in [0.2, 0.25) is 5.28 Å². The lowest BCUT2D eigenvalue weighted by molar-refractivity contribution is 0.122. The summed E-state index contributed by atoms with van der Waals surface area (Å²) in [5, 5.41) is 4.10. The number of hydrogen-bond acceptors (Lipinski definition) is 6. The maximum Gasteiger partial charge on any atom is 0.224 e. The third-order valence-corrected chi connectivity index (χ3v) is 4.83. The first kappa shape index (κ1) is 13.4. The highest BCUT2D eigenvalue weighted by Crippen LogP contribution is 2.41. The standard InChI is InChI=1S/C12H17ClN4OS/c1-14-7-8-6-9-10(19-8)11(16-12(13)15-9)17-2-4-18-5-3-17/h8,14H,2-7H2,1H3. The number of morpholine rings is 1. The van der Waals surface area contributed by atoms with Crippen LogP contribution in [0.1, 0.15) is 5.69 Å². The molecule has 3 rings (SSSR count). The lowest BCUT2D eigenvalue weighted by Gasteiger charge is -2.29. The van der Waals surface area contributed by atoms with Crippen LogP contribution < -0.4 is 10.2 Å². The van der Waals surface area contributed by atoms with Gasteiger partial charge < -0.3 is 15.0 Å². The third kappa shape index (κ3) is 2.81. The molecule has 1 fully saturated rings. The molecule has 19 heavy (non-hydrogen) atoms. The van der Waals surface area contributed by atoms with E-state index in [1.54, 1.807) is 0 Å². The Kier molecular flexibility index (Phi) is 4.12. The normalized spacial score (nSPS) is 22.6. The first-order chi connectivity index (χ1) is 9.28. The maximum atomic E-state index is 6.07. The van der Waals surface area contributed by atoms with E-state index in [0.717, 1.165) is 50.8 Å². The highest BCUT2D eigenvalue weighted by Gasteiger charge is 2.29. The summed E-state index contributed by atoms with van der Waals surface area (Å²) >= 11 is 7.93. The van der Waals surface area contributed by atoms with Crippen LogP contribution in [0.25, 0.3) is 0 Å². The van der Waals surface area contributed by atoms with Gasteiger partial charge in [-0.2, -0.15) is 4.98 Å². The minimum atomic E-state index is 0.353. The van der Waals surface area contributed by atoms with Crippen molar-refractivity contribution in [3.63, 3.8) is 0 Å². The minimum Gasteiger partial charge on any atom is -0.378 e. The van der Waals surface area contributed by atoms with Gasteiger partial charge in [0.05, 0.1) is 23.8 Å². The van der Waals surface area contributed by atoms with Gasteiger partial charge in [0.25, 0.3) is 0 Å². The summed E-state index contributed by atoms with van der Waals surface area (Å²) in [6, 6.07) is 0. The molecule has 7 heteroatoms. The molecule has 3 heterocycles. The van der Waals surface area contributed by atoms with E-state index in [0.29, 0.717) is 10.5 Å². The van der Waals surface area contributed by atoms with Gasteiger partial charge in [-0.3, -0.25) is 0 Å². The molecule has 1 N–H and O–H groups in total. The van der Waals surface area contributed by atoms with Gasteiger partial charge in [0.15, 0.2) is 0 Å². The fourth-order valence-electron chi connectivity index (χ4n) is 2.47. The van der Waals surface area contributed by atoms with Crippen molar-refractivity contribution in [3.05, 3.63) is 11.0 Å². The molecule has 0 aromatic carbocycles. The molecule has 1 unspecified atom stereocenters. The first-order valence-electron chi connectivity index (χ1n) is 6.48. The zero-order valence-electron chi connectivity index (χ0n) is 10.9. The van der Waals surface area contributed by atoms with Gasteiger partial charge in [0.2, 0.25) is 5.28 Å². The number of fused-ring (bicyclic) bond motifs is 1.